The molecule has 168 valence electrons. The number of hydrogen-bond acceptors (Lipinski definition) is 7. The number of carboxylic acid groups (broad SMARTS) is 1. The molecule has 30 heavy (non-hydrogen) atoms. The summed E-state index contributed by atoms with van der Waals surface area (Å²) in [5.74, 6) is -4.51. The molecule has 1 aliphatic heterocycles. The van der Waals surface area contributed by atoms with Gasteiger partial charge in [0.15, 0.2) is 0 Å². The molecule has 1 fully saturated rings. The van der Waals surface area contributed by atoms with Gasteiger partial charge in [0.1, 0.15) is 18.6 Å². The highest BCUT2D eigenvalue weighted by Crippen LogP contribution is 2.19. The summed E-state index contributed by atoms with van der Waals surface area (Å²) in [6, 6.07) is -3.10. The van der Waals surface area contributed by atoms with Crippen LogP contribution < -0.4 is 27.8 Å². The molecule has 0 spiro atoms. The van der Waals surface area contributed by atoms with Gasteiger partial charge in [-0.2, -0.15) is 0 Å². The molecule has 13 heteroatoms. The number of carbonyl (C=O) groups is 6. The van der Waals surface area contributed by atoms with Crippen molar-refractivity contribution in [3.05, 3.63) is 0 Å². The maximum atomic E-state index is 12.7. The summed E-state index contributed by atoms with van der Waals surface area (Å²) in [5.41, 5.74) is 15.9. The van der Waals surface area contributed by atoms with Gasteiger partial charge in [-0.05, 0) is 25.7 Å². The van der Waals surface area contributed by atoms with Gasteiger partial charge in [-0.15, -0.1) is 0 Å². The topological polar surface area (TPSA) is 228 Å². The van der Waals surface area contributed by atoms with Crippen LogP contribution in [0.15, 0.2) is 0 Å². The Hall–Kier alpha value is -3.22. The number of primary amides is 2. The first-order valence-corrected chi connectivity index (χ1v) is 9.45. The van der Waals surface area contributed by atoms with E-state index in [1.807, 2.05) is 0 Å². The van der Waals surface area contributed by atoms with Crippen LogP contribution in [0.1, 0.15) is 38.5 Å². The van der Waals surface area contributed by atoms with Crippen LogP contribution in [-0.4, -0.2) is 76.7 Å². The number of carboxylic acids is 1. The lowest BCUT2D eigenvalue weighted by molar-refractivity contribution is -0.141. The molecule has 1 heterocycles. The van der Waals surface area contributed by atoms with E-state index in [1.54, 1.807) is 0 Å². The average Bonchev–Trinajstić information content (AvgIpc) is 3.16. The smallest absolute Gasteiger partial charge is 0.322 e. The van der Waals surface area contributed by atoms with Crippen molar-refractivity contribution in [2.75, 3.05) is 13.1 Å². The van der Waals surface area contributed by atoms with Gasteiger partial charge in [-0.1, -0.05) is 0 Å². The maximum Gasteiger partial charge on any atom is 0.322 e. The summed E-state index contributed by atoms with van der Waals surface area (Å²) < 4.78 is 0. The van der Waals surface area contributed by atoms with E-state index in [0.717, 1.165) is 0 Å². The molecule has 3 unspecified atom stereocenters. The van der Waals surface area contributed by atoms with Gasteiger partial charge < -0.3 is 37.8 Å². The monoisotopic (exact) mass is 428 g/mol. The molecular formula is C17H28N6O7. The average molecular weight is 428 g/mol. The predicted octanol–water partition coefficient (Wildman–Crippen LogP) is -3.48. The van der Waals surface area contributed by atoms with Crippen LogP contribution in [0.5, 0.6) is 0 Å². The number of nitrogens with one attached hydrogen (secondary N) is 2. The molecule has 0 bridgehead atoms. The molecule has 0 radical (unpaired) electrons. The first-order valence-electron chi connectivity index (χ1n) is 9.45. The van der Waals surface area contributed by atoms with E-state index in [0.29, 0.717) is 12.8 Å². The van der Waals surface area contributed by atoms with Crippen molar-refractivity contribution >= 4 is 35.5 Å². The van der Waals surface area contributed by atoms with Gasteiger partial charge in [-0.25, -0.2) is 0 Å². The molecule has 1 aliphatic rings. The number of aliphatic carboxylic acids is 1. The zero-order chi connectivity index (χ0) is 22.8. The third-order valence-corrected chi connectivity index (χ3v) is 4.58. The highest BCUT2D eigenvalue weighted by Gasteiger charge is 2.37. The molecule has 0 aliphatic carbocycles. The second-order valence-corrected chi connectivity index (χ2v) is 6.98. The van der Waals surface area contributed by atoms with Crippen LogP contribution in [0.25, 0.3) is 0 Å². The van der Waals surface area contributed by atoms with Crippen molar-refractivity contribution < 1.29 is 33.9 Å². The van der Waals surface area contributed by atoms with Crippen molar-refractivity contribution in [1.82, 2.24) is 15.5 Å². The summed E-state index contributed by atoms with van der Waals surface area (Å²) in [6.45, 7) is -0.386. The summed E-state index contributed by atoms with van der Waals surface area (Å²) >= 11 is 0. The predicted molar refractivity (Wildman–Crippen MR) is 102 cm³/mol. The molecule has 5 amide bonds. The van der Waals surface area contributed by atoms with E-state index < -0.39 is 60.2 Å². The number of amides is 5. The van der Waals surface area contributed by atoms with Crippen molar-refractivity contribution in [2.45, 2.75) is 56.7 Å². The minimum atomic E-state index is -1.28. The van der Waals surface area contributed by atoms with E-state index >= 15 is 0 Å². The van der Waals surface area contributed by atoms with Crippen molar-refractivity contribution in [3.8, 4) is 0 Å². The second kappa shape index (κ2) is 11.7. The van der Waals surface area contributed by atoms with Gasteiger partial charge >= 0.3 is 5.97 Å². The van der Waals surface area contributed by atoms with Crippen molar-refractivity contribution in [2.24, 2.45) is 17.2 Å². The number of nitrogens with zero attached hydrogens (tertiary/aromatic N) is 1. The van der Waals surface area contributed by atoms with E-state index in [4.69, 9.17) is 22.3 Å². The molecule has 0 aromatic heterocycles. The lowest BCUT2D eigenvalue weighted by Gasteiger charge is -2.28. The van der Waals surface area contributed by atoms with Crippen LogP contribution in [0.3, 0.4) is 0 Å². The molecular weight excluding hydrogens is 400 g/mol. The fraction of sp³-hybridized carbons (Fsp3) is 0.647. The lowest BCUT2D eigenvalue weighted by Crippen LogP contribution is -2.55. The van der Waals surface area contributed by atoms with Crippen LogP contribution in [-0.2, 0) is 28.8 Å². The zero-order valence-electron chi connectivity index (χ0n) is 16.5. The van der Waals surface area contributed by atoms with E-state index in [9.17, 15) is 28.8 Å². The van der Waals surface area contributed by atoms with Gasteiger partial charge in [0.25, 0.3) is 0 Å². The minimum absolute atomic E-state index is 0.0395. The number of carbonyl (C=O) groups excluding carboxylic acids is 5. The number of nitrogens with two attached hydrogens (primary N) is 3. The Balaban J connectivity index is 2.80. The summed E-state index contributed by atoms with van der Waals surface area (Å²) in [7, 11) is 0. The van der Waals surface area contributed by atoms with Crippen molar-refractivity contribution in [3.63, 3.8) is 0 Å². The quantitative estimate of drug-likeness (QED) is 0.182. The number of hydrogen-bond donors (Lipinski definition) is 6. The van der Waals surface area contributed by atoms with Gasteiger partial charge in [0, 0.05) is 19.4 Å². The van der Waals surface area contributed by atoms with Gasteiger partial charge in [0.05, 0.1) is 6.04 Å². The third kappa shape index (κ3) is 8.03. The molecule has 13 nitrogen and oxygen atoms in total. The normalized spacial score (nSPS) is 17.6. The largest absolute Gasteiger partial charge is 0.480 e. The highest BCUT2D eigenvalue weighted by molar-refractivity contribution is 5.94. The second-order valence-electron chi connectivity index (χ2n) is 6.98. The number of rotatable bonds is 12. The standard InChI is InChI=1S/C17H28N6O7/c18-9(3-5-12(19)24)17(30)23-7-1-2-11(23)16(29)22-10(4-6-13(20)25)15(28)21-8-14(26)27/h9-11H,1-8,18H2,(H2,19,24)(H2,20,25)(H,21,28)(H,22,29)(H,26,27). The molecule has 3 atom stereocenters. The molecule has 9 N–H and O–H groups in total. The fourth-order valence-corrected chi connectivity index (χ4v) is 3.05. The Bertz CT molecular complexity index is 698. The first kappa shape index (κ1) is 24.8. The van der Waals surface area contributed by atoms with E-state index in [2.05, 4.69) is 10.6 Å². The Morgan fingerprint density at radius 1 is 1.03 bits per heavy atom. The highest BCUT2D eigenvalue weighted by atomic mass is 16.4. The zero-order valence-corrected chi connectivity index (χ0v) is 16.5. The van der Waals surface area contributed by atoms with E-state index in [-0.39, 0.29) is 32.2 Å². The van der Waals surface area contributed by atoms with Crippen molar-refractivity contribution in [1.29, 1.82) is 0 Å². The van der Waals surface area contributed by atoms with Gasteiger partial charge in [0.2, 0.25) is 29.5 Å². The number of likely N-dealkylation sites (tertiary alicyclic amines) is 1. The SMILES string of the molecule is NC(=O)CCC(N)C(=O)N1CCCC1C(=O)NC(CCC(N)=O)C(=O)NCC(=O)O. The Morgan fingerprint density at radius 2 is 1.63 bits per heavy atom. The van der Waals surface area contributed by atoms with Crippen LogP contribution in [0, 0.1) is 0 Å². The molecule has 1 saturated heterocycles. The lowest BCUT2D eigenvalue weighted by atomic mass is 10.1. The van der Waals surface area contributed by atoms with Crippen LogP contribution >= 0.6 is 0 Å². The molecule has 0 saturated carbocycles. The Morgan fingerprint density at radius 3 is 2.20 bits per heavy atom. The van der Waals surface area contributed by atoms with E-state index in [1.165, 1.54) is 4.90 Å². The maximum absolute atomic E-state index is 12.7. The first-order chi connectivity index (χ1) is 14.0. The fourth-order valence-electron chi connectivity index (χ4n) is 3.05. The molecule has 1 rings (SSSR count). The molecule has 0 aromatic rings. The molecule has 0 aromatic carbocycles. The van der Waals surface area contributed by atoms with Crippen LogP contribution in [0.2, 0.25) is 0 Å². The summed E-state index contributed by atoms with van der Waals surface area (Å²) in [6.07, 6.45) is 0.485. The third-order valence-electron chi connectivity index (χ3n) is 4.58. The van der Waals surface area contributed by atoms with Gasteiger partial charge in [-0.3, -0.25) is 28.8 Å². The Labute approximate surface area is 172 Å². The summed E-state index contributed by atoms with van der Waals surface area (Å²) in [5, 5.41) is 13.3. The summed E-state index contributed by atoms with van der Waals surface area (Å²) in [4.78, 5) is 71.3. The van der Waals surface area contributed by atoms with Crippen LogP contribution in [0.4, 0.5) is 0 Å². The minimum Gasteiger partial charge on any atom is -0.480 e. The Kier molecular flexibility index (Phi) is 9.68.